The predicted octanol–water partition coefficient (Wildman–Crippen LogP) is 5.05. The Balaban J connectivity index is 1.67. The molecular formula is C21H17BrN4O. The van der Waals surface area contributed by atoms with Crippen LogP contribution in [-0.2, 0) is 0 Å². The standard InChI is InChI=1S/C21H17BrN4O/c1-13-6-7-15-4-3-5-19(20(15)24-13)25-21(27)18-12-23-26(14(18)2)17-10-8-16(22)9-11-17/h3-12H,1-2H3,(H,25,27). The normalized spacial score (nSPS) is 10.9. The van der Waals surface area contributed by atoms with E-state index in [1.54, 1.807) is 10.9 Å². The van der Waals surface area contributed by atoms with Crippen molar-refractivity contribution in [3.63, 3.8) is 0 Å². The van der Waals surface area contributed by atoms with E-state index < -0.39 is 0 Å². The zero-order valence-electron chi connectivity index (χ0n) is 14.9. The smallest absolute Gasteiger partial charge is 0.259 e. The number of hydrogen-bond acceptors (Lipinski definition) is 3. The number of rotatable bonds is 3. The summed E-state index contributed by atoms with van der Waals surface area (Å²) < 4.78 is 2.75. The van der Waals surface area contributed by atoms with Gasteiger partial charge in [0.1, 0.15) is 0 Å². The van der Waals surface area contributed by atoms with Gasteiger partial charge in [-0.15, -0.1) is 0 Å². The van der Waals surface area contributed by atoms with Gasteiger partial charge in [0.05, 0.1) is 34.3 Å². The lowest BCUT2D eigenvalue weighted by molar-refractivity contribution is 0.102. The first-order valence-electron chi connectivity index (χ1n) is 8.51. The van der Waals surface area contributed by atoms with Crippen molar-refractivity contribution < 1.29 is 4.79 Å². The zero-order chi connectivity index (χ0) is 19.0. The van der Waals surface area contributed by atoms with Gasteiger partial charge in [-0.3, -0.25) is 9.78 Å². The minimum Gasteiger partial charge on any atom is -0.320 e. The Hall–Kier alpha value is -2.99. The average Bonchev–Trinajstić information content (AvgIpc) is 3.04. The van der Waals surface area contributed by atoms with Crippen molar-refractivity contribution in [2.45, 2.75) is 13.8 Å². The lowest BCUT2D eigenvalue weighted by atomic mass is 10.1. The minimum absolute atomic E-state index is 0.202. The molecule has 0 saturated carbocycles. The number of nitrogens with one attached hydrogen (secondary N) is 1. The van der Waals surface area contributed by atoms with Gasteiger partial charge in [0, 0.05) is 15.6 Å². The van der Waals surface area contributed by atoms with Gasteiger partial charge in [-0.1, -0.05) is 34.1 Å². The number of benzene rings is 2. The maximum absolute atomic E-state index is 12.9. The highest BCUT2D eigenvalue weighted by atomic mass is 79.9. The van der Waals surface area contributed by atoms with E-state index in [1.807, 2.05) is 68.4 Å². The van der Waals surface area contributed by atoms with Crippen LogP contribution in [0.1, 0.15) is 21.7 Å². The van der Waals surface area contributed by atoms with E-state index in [0.717, 1.165) is 32.5 Å². The zero-order valence-corrected chi connectivity index (χ0v) is 16.5. The van der Waals surface area contributed by atoms with Crippen molar-refractivity contribution in [1.82, 2.24) is 14.8 Å². The number of carbonyl (C=O) groups is 1. The molecule has 0 aliphatic carbocycles. The molecular weight excluding hydrogens is 404 g/mol. The summed E-state index contributed by atoms with van der Waals surface area (Å²) in [6.45, 7) is 3.82. The number of anilines is 1. The van der Waals surface area contributed by atoms with Gasteiger partial charge < -0.3 is 5.32 Å². The van der Waals surface area contributed by atoms with Crippen molar-refractivity contribution in [2.75, 3.05) is 5.32 Å². The Morgan fingerprint density at radius 1 is 1.04 bits per heavy atom. The molecule has 27 heavy (non-hydrogen) atoms. The minimum atomic E-state index is -0.202. The number of amides is 1. The first kappa shape index (κ1) is 17.4. The molecule has 0 atom stereocenters. The summed E-state index contributed by atoms with van der Waals surface area (Å²) in [5.41, 5.74) is 4.59. The van der Waals surface area contributed by atoms with E-state index >= 15 is 0 Å². The van der Waals surface area contributed by atoms with Crippen molar-refractivity contribution in [1.29, 1.82) is 0 Å². The molecule has 5 nitrogen and oxygen atoms in total. The van der Waals surface area contributed by atoms with Gasteiger partial charge in [-0.25, -0.2) is 4.68 Å². The average molecular weight is 421 g/mol. The highest BCUT2D eigenvalue weighted by molar-refractivity contribution is 9.10. The van der Waals surface area contributed by atoms with Gasteiger partial charge in [0.15, 0.2) is 0 Å². The van der Waals surface area contributed by atoms with Crippen LogP contribution in [0.3, 0.4) is 0 Å². The monoisotopic (exact) mass is 420 g/mol. The highest BCUT2D eigenvalue weighted by Crippen LogP contribution is 2.23. The molecule has 0 aliphatic heterocycles. The molecule has 2 aromatic heterocycles. The Labute approximate surface area is 165 Å². The second kappa shape index (κ2) is 6.96. The summed E-state index contributed by atoms with van der Waals surface area (Å²) in [4.78, 5) is 17.4. The lowest BCUT2D eigenvalue weighted by Gasteiger charge is -2.09. The summed E-state index contributed by atoms with van der Waals surface area (Å²) in [6.07, 6.45) is 1.59. The quantitative estimate of drug-likeness (QED) is 0.504. The van der Waals surface area contributed by atoms with Gasteiger partial charge >= 0.3 is 0 Å². The number of nitrogens with zero attached hydrogens (tertiary/aromatic N) is 3. The Morgan fingerprint density at radius 3 is 2.59 bits per heavy atom. The van der Waals surface area contributed by atoms with Crippen LogP contribution in [0.25, 0.3) is 16.6 Å². The maximum Gasteiger partial charge on any atom is 0.259 e. The number of aromatic nitrogens is 3. The summed E-state index contributed by atoms with van der Waals surface area (Å²) in [6, 6.07) is 17.5. The van der Waals surface area contributed by atoms with Crippen LogP contribution in [0, 0.1) is 13.8 Å². The summed E-state index contributed by atoms with van der Waals surface area (Å²) >= 11 is 3.43. The Bertz CT molecular complexity index is 1150. The fourth-order valence-electron chi connectivity index (χ4n) is 3.01. The molecule has 1 N–H and O–H groups in total. The third-order valence-corrected chi connectivity index (χ3v) is 4.96. The lowest BCUT2D eigenvalue weighted by Crippen LogP contribution is -2.13. The molecule has 6 heteroatoms. The Kier molecular flexibility index (Phi) is 4.49. The maximum atomic E-state index is 12.9. The van der Waals surface area contributed by atoms with E-state index in [1.165, 1.54) is 0 Å². The number of fused-ring (bicyclic) bond motifs is 1. The molecule has 0 unspecified atom stereocenters. The molecule has 0 spiro atoms. The second-order valence-corrected chi connectivity index (χ2v) is 7.23. The van der Waals surface area contributed by atoms with E-state index in [2.05, 4.69) is 31.3 Å². The van der Waals surface area contributed by atoms with Crippen LogP contribution in [0.15, 0.2) is 65.3 Å². The molecule has 2 heterocycles. The van der Waals surface area contributed by atoms with Crippen molar-refractivity contribution >= 4 is 38.4 Å². The summed E-state index contributed by atoms with van der Waals surface area (Å²) in [7, 11) is 0. The number of para-hydroxylation sites is 1. The molecule has 4 aromatic rings. The highest BCUT2D eigenvalue weighted by Gasteiger charge is 2.16. The van der Waals surface area contributed by atoms with Crippen molar-refractivity contribution in [3.05, 3.63) is 82.2 Å². The third-order valence-electron chi connectivity index (χ3n) is 4.43. The van der Waals surface area contributed by atoms with E-state index in [-0.39, 0.29) is 5.91 Å². The van der Waals surface area contributed by atoms with Crippen LogP contribution in [-0.4, -0.2) is 20.7 Å². The van der Waals surface area contributed by atoms with Gasteiger partial charge in [0.2, 0.25) is 0 Å². The van der Waals surface area contributed by atoms with Gasteiger partial charge in [-0.05, 0) is 50.2 Å². The van der Waals surface area contributed by atoms with Crippen molar-refractivity contribution in [2.24, 2.45) is 0 Å². The molecule has 0 radical (unpaired) electrons. The molecule has 134 valence electrons. The molecule has 2 aromatic carbocycles. The van der Waals surface area contributed by atoms with Crippen LogP contribution >= 0.6 is 15.9 Å². The SMILES string of the molecule is Cc1ccc2cccc(NC(=O)c3cnn(-c4ccc(Br)cc4)c3C)c2n1. The van der Waals surface area contributed by atoms with Crippen LogP contribution in [0.4, 0.5) is 5.69 Å². The Morgan fingerprint density at radius 2 is 1.81 bits per heavy atom. The van der Waals surface area contributed by atoms with Crippen LogP contribution in [0.2, 0.25) is 0 Å². The summed E-state index contributed by atoms with van der Waals surface area (Å²) in [5, 5.41) is 8.35. The van der Waals surface area contributed by atoms with E-state index in [0.29, 0.717) is 11.3 Å². The van der Waals surface area contributed by atoms with Crippen LogP contribution < -0.4 is 5.32 Å². The van der Waals surface area contributed by atoms with E-state index in [9.17, 15) is 4.79 Å². The first-order chi connectivity index (χ1) is 13.0. The largest absolute Gasteiger partial charge is 0.320 e. The van der Waals surface area contributed by atoms with E-state index in [4.69, 9.17) is 0 Å². The number of hydrogen-bond donors (Lipinski definition) is 1. The molecule has 0 fully saturated rings. The van der Waals surface area contributed by atoms with Gasteiger partial charge in [-0.2, -0.15) is 5.10 Å². The molecule has 1 amide bonds. The molecule has 0 bridgehead atoms. The topological polar surface area (TPSA) is 59.8 Å². The fourth-order valence-corrected chi connectivity index (χ4v) is 3.27. The number of aryl methyl sites for hydroxylation is 1. The predicted molar refractivity (Wildman–Crippen MR) is 110 cm³/mol. The number of halogens is 1. The summed E-state index contributed by atoms with van der Waals surface area (Å²) in [5.74, 6) is -0.202. The number of carbonyl (C=O) groups excluding carboxylic acids is 1. The fraction of sp³-hybridized carbons (Fsp3) is 0.0952. The van der Waals surface area contributed by atoms with Crippen molar-refractivity contribution in [3.8, 4) is 5.69 Å². The molecule has 4 rings (SSSR count). The molecule has 0 saturated heterocycles. The second-order valence-electron chi connectivity index (χ2n) is 6.32. The van der Waals surface area contributed by atoms with Gasteiger partial charge in [0.25, 0.3) is 5.91 Å². The third kappa shape index (κ3) is 3.36. The first-order valence-corrected chi connectivity index (χ1v) is 9.30. The number of pyridine rings is 1. The molecule has 0 aliphatic rings. The van der Waals surface area contributed by atoms with Crippen LogP contribution in [0.5, 0.6) is 0 Å².